The molecule has 2 aliphatic rings. The molecule has 3 rings (SSSR count). The third kappa shape index (κ3) is 4.26. The molecule has 0 radical (unpaired) electrons. The van der Waals surface area contributed by atoms with Gasteiger partial charge in [-0.1, -0.05) is 6.58 Å². The van der Waals surface area contributed by atoms with Crippen molar-refractivity contribution in [2.24, 2.45) is 5.73 Å². The van der Waals surface area contributed by atoms with Crippen LogP contribution in [0.1, 0.15) is 19.4 Å². The van der Waals surface area contributed by atoms with Gasteiger partial charge in [-0.2, -0.15) is 5.26 Å². The van der Waals surface area contributed by atoms with Gasteiger partial charge in [-0.15, -0.1) is 0 Å². The Kier molecular flexibility index (Phi) is 6.33. The topological polar surface area (TPSA) is 90.0 Å². The zero-order valence-electron chi connectivity index (χ0n) is 16.9. The molecule has 30 heavy (non-hydrogen) atoms. The molecule has 1 unspecified atom stereocenters. The van der Waals surface area contributed by atoms with Gasteiger partial charge in [-0.05, 0) is 43.7 Å². The Bertz CT molecular complexity index is 995. The van der Waals surface area contributed by atoms with E-state index in [0.717, 1.165) is 0 Å². The number of hydrogen-bond acceptors (Lipinski definition) is 6. The molecular formula is C22H24F2N6. The maximum absolute atomic E-state index is 15.5. The first-order valence-electron chi connectivity index (χ1n) is 9.60. The molecule has 2 heterocycles. The fourth-order valence-electron chi connectivity index (χ4n) is 3.31. The molecule has 0 aromatic carbocycles. The Morgan fingerprint density at radius 2 is 2.03 bits per heavy atom. The first kappa shape index (κ1) is 21.3. The first-order chi connectivity index (χ1) is 14.3. The summed E-state index contributed by atoms with van der Waals surface area (Å²) in [5.41, 5.74) is 7.63. The Morgan fingerprint density at radius 1 is 1.30 bits per heavy atom. The second kappa shape index (κ2) is 8.93. The van der Waals surface area contributed by atoms with E-state index in [1.54, 1.807) is 29.3 Å². The predicted octanol–water partition coefficient (Wildman–Crippen LogP) is 3.38. The van der Waals surface area contributed by atoms with Crippen LogP contribution in [-0.2, 0) is 0 Å². The Hall–Kier alpha value is -3.44. The number of nitrogens with zero attached hydrogens (tertiary/aromatic N) is 3. The summed E-state index contributed by atoms with van der Waals surface area (Å²) in [6.45, 7) is 8.37. The lowest BCUT2D eigenvalue weighted by Crippen LogP contribution is -2.33. The van der Waals surface area contributed by atoms with Crippen molar-refractivity contribution in [2.75, 3.05) is 18.4 Å². The summed E-state index contributed by atoms with van der Waals surface area (Å²) >= 11 is 0. The van der Waals surface area contributed by atoms with Crippen LogP contribution < -0.4 is 16.4 Å². The highest BCUT2D eigenvalue weighted by molar-refractivity contribution is 5.57. The van der Waals surface area contributed by atoms with Crippen LogP contribution in [0.5, 0.6) is 0 Å². The number of nitrogens with two attached hydrogens (primary N) is 1. The van der Waals surface area contributed by atoms with Crippen molar-refractivity contribution in [3.63, 3.8) is 0 Å². The number of halogens is 2. The van der Waals surface area contributed by atoms with Gasteiger partial charge in [0.25, 0.3) is 0 Å². The fourth-order valence-corrected chi connectivity index (χ4v) is 3.31. The lowest BCUT2D eigenvalue weighted by atomic mass is 9.94. The van der Waals surface area contributed by atoms with Crippen LogP contribution in [0.15, 0.2) is 77.5 Å². The van der Waals surface area contributed by atoms with Crippen LogP contribution in [-0.4, -0.2) is 35.1 Å². The molecule has 0 amide bonds. The summed E-state index contributed by atoms with van der Waals surface area (Å²) in [6.07, 6.45) is 6.13. The van der Waals surface area contributed by atoms with Gasteiger partial charge < -0.3 is 21.3 Å². The number of hydrogen-bond donors (Lipinski definition) is 3. The highest BCUT2D eigenvalue weighted by atomic mass is 19.1. The SMILES string of the molecule is C=C1C=CN(C(C)C)C2=C1C(N)C=C(F)C(NCCNc1ccc(C#N)cn1)=C2F. The molecule has 0 fully saturated rings. The Labute approximate surface area is 174 Å². The minimum absolute atomic E-state index is 0.0520. The average molecular weight is 410 g/mol. The van der Waals surface area contributed by atoms with Crippen LogP contribution in [0, 0.1) is 11.3 Å². The summed E-state index contributed by atoms with van der Waals surface area (Å²) < 4.78 is 30.3. The number of rotatable bonds is 6. The van der Waals surface area contributed by atoms with Crippen LogP contribution in [0.25, 0.3) is 0 Å². The van der Waals surface area contributed by atoms with Gasteiger partial charge in [0.1, 0.15) is 23.4 Å². The minimum atomic E-state index is -0.815. The van der Waals surface area contributed by atoms with E-state index in [0.29, 0.717) is 29.1 Å². The fraction of sp³-hybridized carbons (Fsp3) is 0.273. The van der Waals surface area contributed by atoms with Gasteiger partial charge in [-0.3, -0.25) is 0 Å². The molecule has 1 aromatic rings. The van der Waals surface area contributed by atoms with Crippen molar-refractivity contribution in [3.05, 3.63) is 83.0 Å². The number of nitrogens with one attached hydrogen (secondary N) is 2. The van der Waals surface area contributed by atoms with Crippen molar-refractivity contribution >= 4 is 5.82 Å². The van der Waals surface area contributed by atoms with E-state index in [1.165, 1.54) is 12.3 Å². The molecule has 8 heteroatoms. The van der Waals surface area contributed by atoms with Crippen LogP contribution in [0.2, 0.25) is 0 Å². The summed E-state index contributed by atoms with van der Waals surface area (Å²) in [4.78, 5) is 5.83. The molecule has 4 N–H and O–H groups in total. The van der Waals surface area contributed by atoms with Gasteiger partial charge in [0, 0.05) is 37.1 Å². The monoisotopic (exact) mass is 410 g/mol. The van der Waals surface area contributed by atoms with E-state index in [4.69, 9.17) is 11.0 Å². The van der Waals surface area contributed by atoms with E-state index in [-0.39, 0.29) is 24.0 Å². The number of anilines is 1. The molecule has 1 aliphatic carbocycles. The highest BCUT2D eigenvalue weighted by Crippen LogP contribution is 2.38. The zero-order chi connectivity index (χ0) is 21.8. The summed E-state index contributed by atoms with van der Waals surface area (Å²) in [7, 11) is 0. The number of nitriles is 1. The van der Waals surface area contributed by atoms with E-state index in [1.807, 2.05) is 19.9 Å². The number of pyridine rings is 1. The van der Waals surface area contributed by atoms with Crippen molar-refractivity contribution in [2.45, 2.75) is 25.9 Å². The smallest absolute Gasteiger partial charge is 0.173 e. The second-order valence-corrected chi connectivity index (χ2v) is 7.23. The maximum atomic E-state index is 15.5. The normalized spacial score (nSPS) is 18.8. The second-order valence-electron chi connectivity index (χ2n) is 7.23. The van der Waals surface area contributed by atoms with Crippen molar-refractivity contribution < 1.29 is 8.78 Å². The van der Waals surface area contributed by atoms with Gasteiger partial charge in [0.05, 0.1) is 17.3 Å². The Morgan fingerprint density at radius 3 is 2.67 bits per heavy atom. The standard InChI is InChI=1S/C22H24F2N6/c1-13(2)30-9-6-14(3)19-17(26)10-16(23)21(20(24)22(19)30)28-8-7-27-18-5-4-15(11-25)12-29-18/h4-6,9-10,12-13,17,28H,3,7-8,26H2,1-2H3,(H,27,29). The van der Waals surface area contributed by atoms with E-state index >= 15 is 4.39 Å². The molecular weight excluding hydrogens is 386 g/mol. The molecule has 1 aromatic heterocycles. The molecule has 0 saturated heterocycles. The van der Waals surface area contributed by atoms with Crippen LogP contribution in [0.4, 0.5) is 14.6 Å². The lowest BCUT2D eigenvalue weighted by molar-refractivity contribution is 0.361. The quantitative estimate of drug-likeness (QED) is 0.623. The largest absolute Gasteiger partial charge is 0.378 e. The third-order valence-corrected chi connectivity index (χ3v) is 4.80. The van der Waals surface area contributed by atoms with Crippen molar-refractivity contribution in [3.8, 4) is 6.07 Å². The molecule has 0 bridgehead atoms. The highest BCUT2D eigenvalue weighted by Gasteiger charge is 2.32. The van der Waals surface area contributed by atoms with Crippen molar-refractivity contribution in [1.82, 2.24) is 15.2 Å². The summed E-state index contributed by atoms with van der Waals surface area (Å²) in [5.74, 6) is -0.890. The van der Waals surface area contributed by atoms with E-state index in [9.17, 15) is 4.39 Å². The summed E-state index contributed by atoms with van der Waals surface area (Å²) in [6, 6.07) is 4.43. The molecule has 1 atom stereocenters. The number of allylic oxidation sites excluding steroid dienone is 3. The van der Waals surface area contributed by atoms with Gasteiger partial charge in [0.15, 0.2) is 5.83 Å². The van der Waals surface area contributed by atoms with Gasteiger partial charge in [0.2, 0.25) is 0 Å². The Balaban J connectivity index is 1.79. The van der Waals surface area contributed by atoms with Gasteiger partial charge in [-0.25, -0.2) is 13.8 Å². The zero-order valence-corrected chi connectivity index (χ0v) is 16.9. The molecule has 156 valence electrons. The average Bonchev–Trinajstić information content (AvgIpc) is 2.81. The van der Waals surface area contributed by atoms with Gasteiger partial charge >= 0.3 is 0 Å². The maximum Gasteiger partial charge on any atom is 0.173 e. The van der Waals surface area contributed by atoms with Crippen LogP contribution >= 0.6 is 0 Å². The van der Waals surface area contributed by atoms with E-state index in [2.05, 4.69) is 22.2 Å². The minimum Gasteiger partial charge on any atom is -0.378 e. The molecule has 0 saturated carbocycles. The lowest BCUT2D eigenvalue weighted by Gasteiger charge is -2.33. The third-order valence-electron chi connectivity index (χ3n) is 4.80. The van der Waals surface area contributed by atoms with Crippen LogP contribution in [0.3, 0.4) is 0 Å². The molecule has 6 nitrogen and oxygen atoms in total. The number of aromatic nitrogens is 1. The summed E-state index contributed by atoms with van der Waals surface area (Å²) in [5, 5.41) is 14.7. The molecule has 1 aliphatic heterocycles. The predicted molar refractivity (Wildman–Crippen MR) is 113 cm³/mol. The van der Waals surface area contributed by atoms with Crippen molar-refractivity contribution in [1.29, 1.82) is 5.26 Å². The first-order valence-corrected chi connectivity index (χ1v) is 9.60. The molecule has 0 spiro atoms. The van der Waals surface area contributed by atoms with E-state index < -0.39 is 17.7 Å².